The van der Waals surface area contributed by atoms with Gasteiger partial charge in [0.1, 0.15) is 0 Å². The van der Waals surface area contributed by atoms with Crippen LogP contribution in [0, 0.1) is 23.0 Å². The Morgan fingerprint density at radius 1 is 1.56 bits per heavy atom. The number of nitrogens with zero attached hydrogens (tertiary/aromatic N) is 1. The Morgan fingerprint density at radius 2 is 2.17 bits per heavy atom. The van der Waals surface area contributed by atoms with Gasteiger partial charge in [-0.2, -0.15) is 0 Å². The second-order valence-corrected chi connectivity index (χ2v) is 4.17. The first-order valence-electron chi connectivity index (χ1n) is 5.41. The molecule has 6 nitrogen and oxygen atoms in total. The zero-order chi connectivity index (χ0) is 13.9. The number of phenolic OH excluding ortho intramolecular Hbond substituents is 1. The van der Waals surface area contributed by atoms with Crippen LogP contribution < -0.4 is 0 Å². The molecule has 0 saturated carbocycles. The van der Waals surface area contributed by atoms with Crippen molar-refractivity contribution < 1.29 is 19.6 Å². The molecule has 1 aromatic rings. The minimum Gasteiger partial charge on any atom is -0.502 e. The molecular weight excluding hydrogens is 238 g/mol. The molecule has 0 aromatic heterocycles. The molecule has 1 atom stereocenters. The van der Waals surface area contributed by atoms with Crippen molar-refractivity contribution in [2.75, 3.05) is 7.11 Å². The van der Waals surface area contributed by atoms with Gasteiger partial charge in [0.25, 0.3) is 0 Å². The second kappa shape index (κ2) is 5.48. The summed E-state index contributed by atoms with van der Waals surface area (Å²) in [5.41, 5.74) is 0.688. The van der Waals surface area contributed by atoms with E-state index < -0.39 is 10.8 Å². The first-order chi connectivity index (χ1) is 8.36. The van der Waals surface area contributed by atoms with Crippen molar-refractivity contribution in [2.24, 2.45) is 5.92 Å². The summed E-state index contributed by atoms with van der Waals surface area (Å²) in [6.45, 7) is 3.26. The number of aryl methyl sites for hydroxylation is 1. The number of carbonyl (C=O) groups is 1. The maximum Gasteiger partial charge on any atom is 0.311 e. The Balaban J connectivity index is 3.04. The van der Waals surface area contributed by atoms with Gasteiger partial charge in [-0.1, -0.05) is 13.0 Å². The molecule has 1 unspecified atom stereocenters. The summed E-state index contributed by atoms with van der Waals surface area (Å²) >= 11 is 0. The molecule has 0 fully saturated rings. The van der Waals surface area contributed by atoms with Crippen molar-refractivity contribution in [3.8, 4) is 5.75 Å². The van der Waals surface area contributed by atoms with E-state index in [0.29, 0.717) is 17.5 Å². The van der Waals surface area contributed by atoms with Gasteiger partial charge in [-0.05, 0) is 24.5 Å². The van der Waals surface area contributed by atoms with Crippen molar-refractivity contribution >= 4 is 11.7 Å². The van der Waals surface area contributed by atoms with E-state index in [1.165, 1.54) is 13.2 Å². The minimum atomic E-state index is -0.644. The van der Waals surface area contributed by atoms with Gasteiger partial charge in [0.15, 0.2) is 5.75 Å². The van der Waals surface area contributed by atoms with E-state index in [9.17, 15) is 20.0 Å². The van der Waals surface area contributed by atoms with E-state index in [1.807, 2.05) is 0 Å². The summed E-state index contributed by atoms with van der Waals surface area (Å²) in [6, 6.07) is 2.91. The number of aromatic hydroxyl groups is 1. The number of rotatable bonds is 4. The maximum absolute atomic E-state index is 11.3. The third-order valence-electron chi connectivity index (χ3n) is 2.68. The molecule has 1 N–H and O–H groups in total. The molecule has 0 radical (unpaired) electrons. The van der Waals surface area contributed by atoms with E-state index in [2.05, 4.69) is 4.74 Å². The Bertz CT molecular complexity index is 484. The highest BCUT2D eigenvalue weighted by atomic mass is 16.6. The van der Waals surface area contributed by atoms with Crippen molar-refractivity contribution in [1.82, 2.24) is 0 Å². The van der Waals surface area contributed by atoms with Crippen LogP contribution in [0.15, 0.2) is 12.1 Å². The number of carbonyl (C=O) groups excluding carboxylic acids is 1. The highest BCUT2D eigenvalue weighted by Gasteiger charge is 2.20. The van der Waals surface area contributed by atoms with Crippen LogP contribution in [0.1, 0.15) is 18.1 Å². The Hall–Kier alpha value is -2.11. The Morgan fingerprint density at radius 3 is 2.67 bits per heavy atom. The molecule has 0 aliphatic rings. The molecule has 0 saturated heterocycles. The number of methoxy groups -OCH3 is 1. The number of nitro benzene ring substituents is 1. The van der Waals surface area contributed by atoms with Gasteiger partial charge in [-0.25, -0.2) is 0 Å². The lowest BCUT2D eigenvalue weighted by Gasteiger charge is -2.10. The Labute approximate surface area is 104 Å². The predicted octanol–water partition coefficient (Wildman–Crippen LogP) is 1.96. The number of hydrogen-bond donors (Lipinski definition) is 1. The molecule has 1 aromatic carbocycles. The topological polar surface area (TPSA) is 89.7 Å². The van der Waals surface area contributed by atoms with Crippen LogP contribution in [0.3, 0.4) is 0 Å². The molecule has 1 rings (SSSR count). The largest absolute Gasteiger partial charge is 0.502 e. The van der Waals surface area contributed by atoms with Crippen molar-refractivity contribution in [3.05, 3.63) is 33.4 Å². The highest BCUT2D eigenvalue weighted by Crippen LogP contribution is 2.31. The van der Waals surface area contributed by atoms with Gasteiger partial charge in [-0.3, -0.25) is 14.9 Å². The molecule has 0 aliphatic heterocycles. The summed E-state index contributed by atoms with van der Waals surface area (Å²) < 4.78 is 4.59. The van der Waals surface area contributed by atoms with Crippen LogP contribution in [0.4, 0.5) is 5.69 Å². The molecule has 18 heavy (non-hydrogen) atoms. The van der Waals surface area contributed by atoms with E-state index in [1.54, 1.807) is 19.9 Å². The number of ether oxygens (including phenoxy) is 1. The molecule has 98 valence electrons. The summed E-state index contributed by atoms with van der Waals surface area (Å²) in [6.07, 6.45) is 0.328. The summed E-state index contributed by atoms with van der Waals surface area (Å²) in [4.78, 5) is 21.4. The van der Waals surface area contributed by atoms with Crippen LogP contribution in [-0.4, -0.2) is 23.1 Å². The average Bonchev–Trinajstić information content (AvgIpc) is 2.31. The van der Waals surface area contributed by atoms with Crippen LogP contribution in [0.2, 0.25) is 0 Å². The first-order valence-corrected chi connectivity index (χ1v) is 5.41. The number of benzene rings is 1. The molecule has 0 heterocycles. The van der Waals surface area contributed by atoms with E-state index in [-0.39, 0.29) is 17.4 Å². The van der Waals surface area contributed by atoms with E-state index in [0.717, 1.165) is 0 Å². The Kier molecular flexibility index (Phi) is 4.25. The highest BCUT2D eigenvalue weighted by molar-refractivity contribution is 5.72. The standard InChI is InChI=1S/C12H15NO5/c1-7-4-9(5-8(2)12(15)18-3)6-10(11(7)14)13(16)17/h4,6,8,14H,5H2,1-3H3. The van der Waals surface area contributed by atoms with Crippen molar-refractivity contribution in [3.63, 3.8) is 0 Å². The SMILES string of the molecule is COC(=O)C(C)Cc1cc(C)c(O)c([N+](=O)[O-])c1. The fraction of sp³-hybridized carbons (Fsp3) is 0.417. The normalized spacial score (nSPS) is 11.9. The van der Waals surface area contributed by atoms with Crippen LogP contribution >= 0.6 is 0 Å². The van der Waals surface area contributed by atoms with Crippen molar-refractivity contribution in [1.29, 1.82) is 0 Å². The third kappa shape index (κ3) is 2.97. The van der Waals surface area contributed by atoms with Crippen LogP contribution in [0.25, 0.3) is 0 Å². The van der Waals surface area contributed by atoms with Gasteiger partial charge in [0, 0.05) is 6.07 Å². The fourth-order valence-corrected chi connectivity index (χ4v) is 1.73. The smallest absolute Gasteiger partial charge is 0.311 e. The maximum atomic E-state index is 11.3. The quantitative estimate of drug-likeness (QED) is 0.503. The van der Waals surface area contributed by atoms with Crippen LogP contribution in [0.5, 0.6) is 5.75 Å². The summed E-state index contributed by atoms with van der Waals surface area (Å²) in [7, 11) is 1.29. The monoisotopic (exact) mass is 253 g/mol. The zero-order valence-electron chi connectivity index (χ0n) is 10.5. The number of esters is 1. The molecule has 0 bridgehead atoms. The summed E-state index contributed by atoms with van der Waals surface area (Å²) in [5.74, 6) is -1.10. The molecule has 0 spiro atoms. The van der Waals surface area contributed by atoms with Gasteiger partial charge >= 0.3 is 11.7 Å². The molecule has 0 aliphatic carbocycles. The predicted molar refractivity (Wildman–Crippen MR) is 64.4 cm³/mol. The van der Waals surface area contributed by atoms with E-state index >= 15 is 0 Å². The minimum absolute atomic E-state index is 0.328. The van der Waals surface area contributed by atoms with Gasteiger partial charge in [0.05, 0.1) is 18.0 Å². The lowest BCUT2D eigenvalue weighted by molar-refractivity contribution is -0.386. The second-order valence-electron chi connectivity index (χ2n) is 4.17. The fourth-order valence-electron chi connectivity index (χ4n) is 1.73. The van der Waals surface area contributed by atoms with Gasteiger partial charge < -0.3 is 9.84 Å². The number of phenols is 1. The van der Waals surface area contributed by atoms with Gasteiger partial charge in [0.2, 0.25) is 0 Å². The summed E-state index contributed by atoms with van der Waals surface area (Å²) in [5, 5.41) is 20.3. The third-order valence-corrected chi connectivity index (χ3v) is 2.68. The first kappa shape index (κ1) is 14.0. The lowest BCUT2D eigenvalue weighted by Crippen LogP contribution is -2.15. The van der Waals surface area contributed by atoms with Crippen LogP contribution in [-0.2, 0) is 16.0 Å². The number of hydrogen-bond acceptors (Lipinski definition) is 5. The van der Waals surface area contributed by atoms with Gasteiger partial charge in [-0.15, -0.1) is 0 Å². The lowest BCUT2D eigenvalue weighted by atomic mass is 9.98. The average molecular weight is 253 g/mol. The zero-order valence-corrected chi connectivity index (χ0v) is 10.5. The molecule has 0 amide bonds. The molecule has 6 heteroatoms. The number of nitro groups is 1. The van der Waals surface area contributed by atoms with E-state index in [4.69, 9.17) is 0 Å². The molecular formula is C12H15NO5. The van der Waals surface area contributed by atoms with Crippen molar-refractivity contribution in [2.45, 2.75) is 20.3 Å².